The van der Waals surface area contributed by atoms with Crippen molar-refractivity contribution in [3.8, 4) is 0 Å². The molecule has 2 aliphatic rings. The lowest BCUT2D eigenvalue weighted by atomic mass is 9.88. The number of rotatable bonds is 5. The topological polar surface area (TPSA) is 63.1 Å². The molecule has 1 aromatic heterocycles. The first-order chi connectivity index (χ1) is 12.3. The van der Waals surface area contributed by atoms with Crippen LogP contribution in [-0.2, 0) is 17.8 Å². The second-order valence-corrected chi connectivity index (χ2v) is 7.10. The van der Waals surface area contributed by atoms with Gasteiger partial charge >= 0.3 is 0 Å². The lowest BCUT2D eigenvalue weighted by molar-refractivity contribution is -0.123. The first-order valence-corrected chi connectivity index (χ1v) is 9.23. The van der Waals surface area contributed by atoms with Gasteiger partial charge in [-0.1, -0.05) is 24.3 Å². The number of aryl methyl sites for hydroxylation is 1. The fourth-order valence-electron chi connectivity index (χ4n) is 4.18. The van der Waals surface area contributed by atoms with Crippen molar-refractivity contribution in [3.05, 3.63) is 48.0 Å². The molecular formula is C19H25N5O. The molecule has 1 aliphatic carbocycles. The third kappa shape index (κ3) is 3.74. The van der Waals surface area contributed by atoms with Crippen LogP contribution in [0.4, 0.5) is 0 Å². The molecular weight excluding hydrogens is 314 g/mol. The highest BCUT2D eigenvalue weighted by atomic mass is 16.2. The summed E-state index contributed by atoms with van der Waals surface area (Å²) < 4.78 is 1.86. The van der Waals surface area contributed by atoms with Crippen molar-refractivity contribution in [1.29, 1.82) is 0 Å². The van der Waals surface area contributed by atoms with Crippen LogP contribution in [-0.4, -0.2) is 44.7 Å². The minimum Gasteiger partial charge on any atom is -0.348 e. The Labute approximate surface area is 148 Å². The minimum absolute atomic E-state index is 0.132. The number of benzene rings is 1. The zero-order valence-corrected chi connectivity index (χ0v) is 14.5. The van der Waals surface area contributed by atoms with E-state index in [1.165, 1.54) is 11.1 Å². The van der Waals surface area contributed by atoms with E-state index in [0.717, 1.165) is 45.2 Å². The van der Waals surface area contributed by atoms with Gasteiger partial charge in [-0.15, -0.1) is 0 Å². The first kappa shape index (κ1) is 16.3. The van der Waals surface area contributed by atoms with Gasteiger partial charge in [-0.3, -0.25) is 14.4 Å². The van der Waals surface area contributed by atoms with E-state index in [9.17, 15) is 4.79 Å². The highest BCUT2D eigenvalue weighted by Gasteiger charge is 2.28. The summed E-state index contributed by atoms with van der Waals surface area (Å²) in [7, 11) is 0. The molecule has 1 saturated heterocycles. The maximum atomic E-state index is 12.6. The van der Waals surface area contributed by atoms with Crippen LogP contribution >= 0.6 is 0 Å². The molecule has 2 aromatic rings. The number of fused-ring (bicyclic) bond motifs is 1. The average molecular weight is 339 g/mol. The minimum atomic E-state index is 0.132. The molecule has 0 spiro atoms. The van der Waals surface area contributed by atoms with Crippen LogP contribution in [0, 0.1) is 0 Å². The molecule has 25 heavy (non-hydrogen) atoms. The number of nitrogens with zero attached hydrogens (tertiary/aromatic N) is 4. The number of carbonyl (C=O) groups excluding carboxylic acids is 1. The van der Waals surface area contributed by atoms with Gasteiger partial charge in [0.05, 0.1) is 19.1 Å². The SMILES string of the molecule is O=C(CN1CCCC1Cn1cncn1)NC1CCCc2ccccc21. The molecule has 1 amide bonds. The van der Waals surface area contributed by atoms with Crippen molar-refractivity contribution in [2.24, 2.45) is 0 Å². The van der Waals surface area contributed by atoms with Gasteiger partial charge in [0, 0.05) is 6.04 Å². The highest BCUT2D eigenvalue weighted by Crippen LogP contribution is 2.29. The van der Waals surface area contributed by atoms with Crippen molar-refractivity contribution in [2.75, 3.05) is 13.1 Å². The van der Waals surface area contributed by atoms with Crippen LogP contribution in [0.5, 0.6) is 0 Å². The molecule has 2 unspecified atom stereocenters. The van der Waals surface area contributed by atoms with Gasteiger partial charge in [0.1, 0.15) is 12.7 Å². The Morgan fingerprint density at radius 3 is 3.04 bits per heavy atom. The summed E-state index contributed by atoms with van der Waals surface area (Å²) in [6.45, 7) is 2.26. The van der Waals surface area contributed by atoms with Crippen molar-refractivity contribution < 1.29 is 4.79 Å². The molecule has 0 radical (unpaired) electrons. The maximum absolute atomic E-state index is 12.6. The summed E-state index contributed by atoms with van der Waals surface area (Å²) in [5.41, 5.74) is 2.67. The third-order valence-electron chi connectivity index (χ3n) is 5.41. The number of nitrogens with one attached hydrogen (secondary N) is 1. The average Bonchev–Trinajstić information content (AvgIpc) is 3.28. The summed E-state index contributed by atoms with van der Waals surface area (Å²) >= 11 is 0. The number of hydrogen-bond donors (Lipinski definition) is 1. The predicted octanol–water partition coefficient (Wildman–Crippen LogP) is 1.94. The third-order valence-corrected chi connectivity index (χ3v) is 5.41. The van der Waals surface area contributed by atoms with E-state index < -0.39 is 0 Å². The molecule has 0 saturated carbocycles. The van der Waals surface area contributed by atoms with Gasteiger partial charge in [-0.05, 0) is 49.8 Å². The van der Waals surface area contributed by atoms with Crippen LogP contribution in [0.15, 0.2) is 36.9 Å². The van der Waals surface area contributed by atoms with Crippen LogP contribution in [0.25, 0.3) is 0 Å². The van der Waals surface area contributed by atoms with Gasteiger partial charge in [0.15, 0.2) is 0 Å². The van der Waals surface area contributed by atoms with E-state index >= 15 is 0 Å². The molecule has 1 N–H and O–H groups in total. The standard InChI is InChI=1S/C19H25N5O/c25-19(22-18-9-3-6-15-5-1-2-8-17(15)18)12-23-10-4-7-16(23)11-24-14-20-13-21-24/h1-2,5,8,13-14,16,18H,3-4,6-7,9-12H2,(H,22,25). The lowest BCUT2D eigenvalue weighted by Crippen LogP contribution is -2.42. The lowest BCUT2D eigenvalue weighted by Gasteiger charge is -2.28. The number of hydrogen-bond acceptors (Lipinski definition) is 4. The normalized spacial score (nSPS) is 23.4. The fraction of sp³-hybridized carbons (Fsp3) is 0.526. The fourth-order valence-corrected chi connectivity index (χ4v) is 4.18. The molecule has 6 heteroatoms. The van der Waals surface area contributed by atoms with Gasteiger partial charge < -0.3 is 5.32 Å². The van der Waals surface area contributed by atoms with Crippen molar-refractivity contribution >= 4 is 5.91 Å². The van der Waals surface area contributed by atoms with E-state index in [0.29, 0.717) is 12.6 Å². The van der Waals surface area contributed by atoms with Crippen molar-refractivity contribution in [3.63, 3.8) is 0 Å². The molecule has 4 rings (SSSR count). The molecule has 6 nitrogen and oxygen atoms in total. The number of aromatic nitrogens is 3. The monoisotopic (exact) mass is 339 g/mol. The van der Waals surface area contributed by atoms with Crippen LogP contribution in [0.2, 0.25) is 0 Å². The highest BCUT2D eigenvalue weighted by molar-refractivity contribution is 5.78. The van der Waals surface area contributed by atoms with E-state index in [4.69, 9.17) is 0 Å². The van der Waals surface area contributed by atoms with Gasteiger partial charge in [0.25, 0.3) is 0 Å². The van der Waals surface area contributed by atoms with Crippen LogP contribution in [0.1, 0.15) is 42.9 Å². The van der Waals surface area contributed by atoms with Gasteiger partial charge in [-0.2, -0.15) is 5.10 Å². The Morgan fingerprint density at radius 1 is 1.24 bits per heavy atom. The van der Waals surface area contributed by atoms with E-state index in [1.807, 2.05) is 4.68 Å². The summed E-state index contributed by atoms with van der Waals surface area (Å²) in [6.07, 6.45) is 8.85. The molecule has 2 atom stereocenters. The Hall–Kier alpha value is -2.21. The molecule has 2 heterocycles. The van der Waals surface area contributed by atoms with E-state index in [1.54, 1.807) is 12.7 Å². The maximum Gasteiger partial charge on any atom is 0.234 e. The van der Waals surface area contributed by atoms with Crippen molar-refractivity contribution in [2.45, 2.75) is 50.7 Å². The Morgan fingerprint density at radius 2 is 2.16 bits per heavy atom. The Bertz CT molecular complexity index is 714. The molecule has 1 aromatic carbocycles. The zero-order chi connectivity index (χ0) is 17.1. The molecule has 132 valence electrons. The molecule has 1 aliphatic heterocycles. The Kier molecular flexibility index (Phi) is 4.78. The van der Waals surface area contributed by atoms with Crippen molar-refractivity contribution in [1.82, 2.24) is 25.0 Å². The number of likely N-dealkylation sites (tertiary alicyclic amines) is 1. The van der Waals surface area contributed by atoms with E-state index in [-0.39, 0.29) is 11.9 Å². The first-order valence-electron chi connectivity index (χ1n) is 9.23. The molecule has 0 bridgehead atoms. The summed E-state index contributed by atoms with van der Waals surface area (Å²) in [5, 5.41) is 7.46. The summed E-state index contributed by atoms with van der Waals surface area (Å²) in [5.74, 6) is 0.132. The Balaban J connectivity index is 1.36. The molecule has 1 fully saturated rings. The zero-order valence-electron chi connectivity index (χ0n) is 14.5. The van der Waals surface area contributed by atoms with Crippen LogP contribution < -0.4 is 5.32 Å². The quantitative estimate of drug-likeness (QED) is 0.904. The van der Waals surface area contributed by atoms with Crippen LogP contribution in [0.3, 0.4) is 0 Å². The second-order valence-electron chi connectivity index (χ2n) is 7.10. The van der Waals surface area contributed by atoms with Gasteiger partial charge in [-0.25, -0.2) is 4.98 Å². The summed E-state index contributed by atoms with van der Waals surface area (Å²) in [4.78, 5) is 18.9. The number of carbonyl (C=O) groups is 1. The smallest absolute Gasteiger partial charge is 0.234 e. The second kappa shape index (κ2) is 7.35. The number of amides is 1. The van der Waals surface area contributed by atoms with E-state index in [2.05, 4.69) is 44.6 Å². The predicted molar refractivity (Wildman–Crippen MR) is 94.9 cm³/mol. The summed E-state index contributed by atoms with van der Waals surface area (Å²) in [6, 6.07) is 9.02. The van der Waals surface area contributed by atoms with Gasteiger partial charge in [0.2, 0.25) is 5.91 Å². The largest absolute Gasteiger partial charge is 0.348 e.